The van der Waals surface area contributed by atoms with Gasteiger partial charge in [0.05, 0.1) is 22.3 Å². The Bertz CT molecular complexity index is 849. The van der Waals surface area contributed by atoms with Gasteiger partial charge in [0.15, 0.2) is 0 Å². The zero-order valence-electron chi connectivity index (χ0n) is 14.2. The molecule has 128 valence electrons. The van der Waals surface area contributed by atoms with Crippen LogP contribution in [-0.4, -0.2) is 51.9 Å². The summed E-state index contributed by atoms with van der Waals surface area (Å²) in [5.74, 6) is 0.0761. The lowest BCUT2D eigenvalue weighted by atomic mass is 10.2. The van der Waals surface area contributed by atoms with Gasteiger partial charge >= 0.3 is 0 Å². The van der Waals surface area contributed by atoms with Gasteiger partial charge in [-0.15, -0.1) is 11.3 Å². The normalized spacial score (nSPS) is 15.6. The van der Waals surface area contributed by atoms with Gasteiger partial charge in [0.25, 0.3) is 5.91 Å². The van der Waals surface area contributed by atoms with Gasteiger partial charge in [0, 0.05) is 38.1 Å². The highest BCUT2D eigenvalue weighted by molar-refractivity contribution is 7.18. The average Bonchev–Trinajstić information content (AvgIpc) is 3.05. The SMILES string of the molecule is Cc1ccc(C(=O)N2CCN(Cc3nc4ccccc4s3)CC2)cn1. The van der Waals surface area contributed by atoms with Gasteiger partial charge in [0.1, 0.15) is 5.01 Å². The molecule has 0 saturated carbocycles. The Morgan fingerprint density at radius 3 is 2.64 bits per heavy atom. The van der Waals surface area contributed by atoms with Crippen LogP contribution in [-0.2, 0) is 6.54 Å². The van der Waals surface area contributed by atoms with Gasteiger partial charge in [0.2, 0.25) is 0 Å². The van der Waals surface area contributed by atoms with E-state index in [0.717, 1.165) is 48.9 Å². The zero-order chi connectivity index (χ0) is 17.2. The van der Waals surface area contributed by atoms with Crippen LogP contribution in [0, 0.1) is 6.92 Å². The van der Waals surface area contributed by atoms with Crippen molar-refractivity contribution in [1.82, 2.24) is 19.8 Å². The van der Waals surface area contributed by atoms with Crippen LogP contribution in [0.5, 0.6) is 0 Å². The first-order chi connectivity index (χ1) is 12.2. The first-order valence-electron chi connectivity index (χ1n) is 8.48. The maximum absolute atomic E-state index is 12.6. The number of pyridine rings is 1. The molecule has 0 aliphatic carbocycles. The lowest BCUT2D eigenvalue weighted by Gasteiger charge is -2.34. The van der Waals surface area contributed by atoms with Gasteiger partial charge < -0.3 is 4.90 Å². The maximum atomic E-state index is 12.6. The van der Waals surface area contributed by atoms with E-state index < -0.39 is 0 Å². The van der Waals surface area contributed by atoms with Crippen LogP contribution in [0.1, 0.15) is 21.1 Å². The highest BCUT2D eigenvalue weighted by atomic mass is 32.1. The van der Waals surface area contributed by atoms with Gasteiger partial charge in [-0.05, 0) is 31.2 Å². The van der Waals surface area contributed by atoms with Crippen LogP contribution in [0.3, 0.4) is 0 Å². The first-order valence-corrected chi connectivity index (χ1v) is 9.29. The van der Waals surface area contributed by atoms with E-state index in [4.69, 9.17) is 4.98 Å². The van der Waals surface area contributed by atoms with Crippen molar-refractivity contribution in [2.24, 2.45) is 0 Å². The molecule has 0 radical (unpaired) electrons. The minimum absolute atomic E-state index is 0.0761. The van der Waals surface area contributed by atoms with Crippen LogP contribution >= 0.6 is 11.3 Å². The third-order valence-corrected chi connectivity index (χ3v) is 5.54. The Balaban J connectivity index is 1.36. The van der Waals surface area contributed by atoms with Crippen molar-refractivity contribution in [3.8, 4) is 0 Å². The van der Waals surface area contributed by atoms with Crippen LogP contribution in [0.25, 0.3) is 10.2 Å². The molecule has 5 nitrogen and oxygen atoms in total. The third kappa shape index (κ3) is 3.55. The zero-order valence-corrected chi connectivity index (χ0v) is 15.0. The Hall–Kier alpha value is -2.31. The lowest BCUT2D eigenvalue weighted by molar-refractivity contribution is 0.0628. The number of thiazole rings is 1. The molecule has 0 unspecified atom stereocenters. The van der Waals surface area contributed by atoms with Gasteiger partial charge in [-0.2, -0.15) is 0 Å². The maximum Gasteiger partial charge on any atom is 0.255 e. The number of aryl methyl sites for hydroxylation is 1. The van der Waals surface area contributed by atoms with Crippen LogP contribution in [0.15, 0.2) is 42.6 Å². The standard InChI is InChI=1S/C19H20N4OS/c1-14-6-7-15(12-20-14)19(24)23-10-8-22(9-11-23)13-18-21-16-4-2-3-5-17(16)25-18/h2-7,12H,8-11,13H2,1H3. The summed E-state index contributed by atoms with van der Waals surface area (Å²) in [6.07, 6.45) is 1.67. The molecule has 0 N–H and O–H groups in total. The van der Waals surface area contributed by atoms with E-state index in [-0.39, 0.29) is 5.91 Å². The molecule has 1 aromatic carbocycles. The van der Waals surface area contributed by atoms with Crippen molar-refractivity contribution in [2.75, 3.05) is 26.2 Å². The predicted octanol–water partition coefficient (Wildman–Crippen LogP) is 2.96. The fourth-order valence-electron chi connectivity index (χ4n) is 3.06. The number of hydrogen-bond donors (Lipinski definition) is 0. The quantitative estimate of drug-likeness (QED) is 0.727. The van der Waals surface area contributed by atoms with Gasteiger partial charge in [-0.25, -0.2) is 4.98 Å². The molecule has 1 fully saturated rings. The van der Waals surface area contributed by atoms with E-state index in [1.807, 2.05) is 30.0 Å². The Morgan fingerprint density at radius 2 is 1.92 bits per heavy atom. The number of piperazine rings is 1. The largest absolute Gasteiger partial charge is 0.336 e. The number of hydrogen-bond acceptors (Lipinski definition) is 5. The lowest BCUT2D eigenvalue weighted by Crippen LogP contribution is -2.48. The molecule has 25 heavy (non-hydrogen) atoms. The molecule has 2 aromatic heterocycles. The second-order valence-corrected chi connectivity index (χ2v) is 7.45. The van der Waals surface area contributed by atoms with Gasteiger partial charge in [-0.1, -0.05) is 12.1 Å². The van der Waals surface area contributed by atoms with Crippen LogP contribution in [0.2, 0.25) is 0 Å². The highest BCUT2D eigenvalue weighted by Crippen LogP contribution is 2.23. The second kappa shape index (κ2) is 6.90. The van der Waals surface area contributed by atoms with E-state index in [2.05, 4.69) is 28.1 Å². The number of carbonyl (C=O) groups excluding carboxylic acids is 1. The summed E-state index contributed by atoms with van der Waals surface area (Å²) >= 11 is 1.75. The molecule has 3 aromatic rings. The summed E-state index contributed by atoms with van der Waals surface area (Å²) < 4.78 is 1.23. The van der Waals surface area contributed by atoms with Crippen molar-refractivity contribution in [3.63, 3.8) is 0 Å². The van der Waals surface area contributed by atoms with Crippen molar-refractivity contribution in [1.29, 1.82) is 0 Å². The Morgan fingerprint density at radius 1 is 1.12 bits per heavy atom. The summed E-state index contributed by atoms with van der Waals surface area (Å²) in [5, 5.41) is 1.14. The minimum atomic E-state index is 0.0761. The topological polar surface area (TPSA) is 49.3 Å². The molecule has 1 saturated heterocycles. The van der Waals surface area contributed by atoms with Crippen molar-refractivity contribution in [2.45, 2.75) is 13.5 Å². The molecule has 3 heterocycles. The predicted molar refractivity (Wildman–Crippen MR) is 99.8 cm³/mol. The summed E-state index contributed by atoms with van der Waals surface area (Å²) in [5.41, 5.74) is 2.67. The number of rotatable bonds is 3. The van der Waals surface area contributed by atoms with E-state index in [9.17, 15) is 4.79 Å². The van der Waals surface area contributed by atoms with E-state index >= 15 is 0 Å². The third-order valence-electron chi connectivity index (χ3n) is 4.51. The fourth-order valence-corrected chi connectivity index (χ4v) is 4.07. The molecule has 1 aliphatic rings. The molecule has 0 bridgehead atoms. The Kier molecular flexibility index (Phi) is 4.46. The fraction of sp³-hybridized carbons (Fsp3) is 0.316. The van der Waals surface area contributed by atoms with Gasteiger partial charge in [-0.3, -0.25) is 14.7 Å². The molecule has 0 atom stereocenters. The molecule has 4 rings (SSSR count). The number of para-hydroxylation sites is 1. The number of benzene rings is 1. The molecular weight excluding hydrogens is 332 g/mol. The molecular formula is C19H20N4OS. The van der Waals surface area contributed by atoms with Crippen molar-refractivity contribution in [3.05, 3.63) is 58.9 Å². The molecule has 1 amide bonds. The number of aromatic nitrogens is 2. The van der Waals surface area contributed by atoms with E-state index in [1.54, 1.807) is 17.5 Å². The second-order valence-electron chi connectivity index (χ2n) is 6.33. The summed E-state index contributed by atoms with van der Waals surface area (Å²) in [4.78, 5) is 25.8. The number of amides is 1. The molecule has 6 heteroatoms. The minimum Gasteiger partial charge on any atom is -0.336 e. The number of fused-ring (bicyclic) bond motifs is 1. The summed E-state index contributed by atoms with van der Waals surface area (Å²) in [7, 11) is 0. The van der Waals surface area contributed by atoms with E-state index in [1.165, 1.54) is 4.70 Å². The molecule has 0 spiro atoms. The first kappa shape index (κ1) is 16.2. The monoisotopic (exact) mass is 352 g/mol. The van der Waals surface area contributed by atoms with Crippen molar-refractivity contribution < 1.29 is 4.79 Å². The van der Waals surface area contributed by atoms with Crippen LogP contribution in [0.4, 0.5) is 0 Å². The van der Waals surface area contributed by atoms with Crippen LogP contribution < -0.4 is 0 Å². The smallest absolute Gasteiger partial charge is 0.255 e. The average molecular weight is 352 g/mol. The van der Waals surface area contributed by atoms with E-state index in [0.29, 0.717) is 5.56 Å². The number of carbonyl (C=O) groups is 1. The summed E-state index contributed by atoms with van der Waals surface area (Å²) in [6, 6.07) is 12.0. The number of nitrogens with zero attached hydrogens (tertiary/aromatic N) is 4. The summed E-state index contributed by atoms with van der Waals surface area (Å²) in [6.45, 7) is 6.03. The Labute approximate surface area is 150 Å². The van der Waals surface area contributed by atoms with Crippen molar-refractivity contribution >= 4 is 27.5 Å². The highest BCUT2D eigenvalue weighted by Gasteiger charge is 2.23. The molecule has 1 aliphatic heterocycles.